The molecular formula is C67H94N10O8. The van der Waals surface area contributed by atoms with Crippen LogP contribution in [0.1, 0.15) is 133 Å². The highest BCUT2D eigenvalue weighted by Gasteiger charge is 2.43. The van der Waals surface area contributed by atoms with Crippen LogP contribution in [0.3, 0.4) is 0 Å². The Morgan fingerprint density at radius 2 is 0.965 bits per heavy atom. The van der Waals surface area contributed by atoms with Crippen molar-refractivity contribution in [2.75, 3.05) is 53.4 Å². The Hall–Kier alpha value is -7.15. The molecule has 0 unspecified atom stereocenters. The fraction of sp³-hybridized carbons (Fsp3) is 0.537. The van der Waals surface area contributed by atoms with Crippen LogP contribution in [0.5, 0.6) is 0 Å². The predicted molar refractivity (Wildman–Crippen MR) is 330 cm³/mol. The smallest absolute Gasteiger partial charge is 0.410 e. The van der Waals surface area contributed by atoms with Gasteiger partial charge in [0.2, 0.25) is 35.4 Å². The Balaban J connectivity index is 0.000000247. The van der Waals surface area contributed by atoms with Crippen LogP contribution in [-0.2, 0) is 59.4 Å². The van der Waals surface area contributed by atoms with Crippen molar-refractivity contribution >= 4 is 41.5 Å². The van der Waals surface area contributed by atoms with Gasteiger partial charge in [-0.3, -0.25) is 43.5 Å². The molecule has 4 aromatic rings. The number of carbonyl (C=O) groups excluding carboxylic acids is 7. The van der Waals surface area contributed by atoms with Crippen molar-refractivity contribution in [1.82, 2.24) is 51.1 Å². The van der Waals surface area contributed by atoms with E-state index in [0.717, 1.165) is 49.7 Å². The van der Waals surface area contributed by atoms with E-state index in [9.17, 15) is 33.6 Å². The molecule has 2 fully saturated rings. The minimum Gasteiger partial charge on any atom is -0.444 e. The van der Waals surface area contributed by atoms with Crippen LogP contribution in [-0.4, -0.2) is 161 Å². The number of nitrogens with one attached hydrogen (secondary N) is 5. The minimum atomic E-state index is -0.881. The zero-order valence-electron chi connectivity index (χ0n) is 52.1. The second-order valence-corrected chi connectivity index (χ2v) is 25.1. The maximum Gasteiger partial charge on any atom is 0.410 e. The van der Waals surface area contributed by atoms with E-state index in [-0.39, 0.29) is 53.5 Å². The number of benzene rings is 4. The molecule has 2 aliphatic carbocycles. The van der Waals surface area contributed by atoms with Gasteiger partial charge < -0.3 is 41.1 Å². The number of piperazine rings is 2. The molecule has 4 aliphatic rings. The maximum absolute atomic E-state index is 14.3. The summed E-state index contributed by atoms with van der Waals surface area (Å²) in [6.45, 7) is 20.4. The summed E-state index contributed by atoms with van der Waals surface area (Å²) in [6.07, 6.45) is 5.08. The number of nitrogens with zero attached hydrogens (tertiary/aromatic N) is 5. The lowest BCUT2D eigenvalue weighted by Crippen LogP contribution is -2.65. The number of likely N-dealkylation sites (N-methyl/N-ethyl adjacent to an activating group) is 2. The molecule has 5 N–H and O–H groups in total. The lowest BCUT2D eigenvalue weighted by Gasteiger charge is -2.43. The molecule has 8 atom stereocenters. The van der Waals surface area contributed by atoms with E-state index < -0.39 is 53.9 Å². The van der Waals surface area contributed by atoms with Crippen molar-refractivity contribution in [2.45, 2.75) is 168 Å². The molecule has 460 valence electrons. The van der Waals surface area contributed by atoms with Crippen molar-refractivity contribution in [3.8, 4) is 0 Å². The third kappa shape index (κ3) is 17.7. The number of aryl methyl sites for hydroxylation is 2. The standard InChI is InChI=1S/C36H51N5O5.C31H43N5O3/c1-24(2)31(38-32(42)25(3)39(7)35(45)46-36(4,5)6)34(44)41-21-20-40(22-26-14-9-8-10-15-26)23-30(41)33(43)37-29-19-13-17-27-16-11-12-18-28(27)29;1-21(2)28(34-29(37)22(3)32-4)31(39)36-18-17-35(19-23-11-6-5-7-12-23)20-27(36)30(38)33-26-16-10-14-24-13-8-9-15-25(24)26/h8-12,14-16,18,24-25,29-31H,13,17,19-23H2,1-7H3,(H,37,43)(H,38,42);5-9,11-13,15,21-22,26-28,32H,10,14,16-20H2,1-4H3,(H,33,38)(H,34,37)/t25-,29+,30-,31-;22-,26+,27-,28-/m00/s1. The van der Waals surface area contributed by atoms with E-state index in [2.05, 4.69) is 84.9 Å². The van der Waals surface area contributed by atoms with Gasteiger partial charge in [0.05, 0.1) is 18.1 Å². The van der Waals surface area contributed by atoms with E-state index in [1.54, 1.807) is 51.5 Å². The molecule has 2 aliphatic heterocycles. The van der Waals surface area contributed by atoms with E-state index in [4.69, 9.17) is 4.74 Å². The molecule has 2 heterocycles. The molecule has 18 heteroatoms. The molecule has 7 amide bonds. The lowest BCUT2D eigenvalue weighted by atomic mass is 9.87. The van der Waals surface area contributed by atoms with Crippen molar-refractivity contribution in [1.29, 1.82) is 0 Å². The number of rotatable bonds is 18. The molecule has 0 bridgehead atoms. The summed E-state index contributed by atoms with van der Waals surface area (Å²) < 4.78 is 5.43. The number of hydrogen-bond acceptors (Lipinski definition) is 11. The summed E-state index contributed by atoms with van der Waals surface area (Å²) in [5.41, 5.74) is 6.42. The minimum absolute atomic E-state index is 0.0685. The molecular weight excluding hydrogens is 1070 g/mol. The zero-order valence-corrected chi connectivity index (χ0v) is 52.1. The third-order valence-corrected chi connectivity index (χ3v) is 16.9. The Morgan fingerprint density at radius 3 is 1.36 bits per heavy atom. The summed E-state index contributed by atoms with van der Waals surface area (Å²) in [6, 6.07) is 32.3. The van der Waals surface area contributed by atoms with Crippen LogP contribution >= 0.6 is 0 Å². The predicted octanol–water partition coefficient (Wildman–Crippen LogP) is 6.93. The quantitative estimate of drug-likeness (QED) is 0.0691. The van der Waals surface area contributed by atoms with Crippen molar-refractivity contribution in [3.63, 3.8) is 0 Å². The Kier molecular flexibility index (Phi) is 23.3. The molecule has 85 heavy (non-hydrogen) atoms. The van der Waals surface area contributed by atoms with E-state index in [0.29, 0.717) is 52.4 Å². The number of fused-ring (bicyclic) bond motifs is 2. The largest absolute Gasteiger partial charge is 0.444 e. The molecule has 8 rings (SSSR count). The van der Waals surface area contributed by atoms with Gasteiger partial charge in [0.1, 0.15) is 35.8 Å². The highest BCUT2D eigenvalue weighted by Crippen LogP contribution is 2.32. The van der Waals surface area contributed by atoms with E-state index in [1.807, 2.05) is 88.4 Å². The molecule has 2 saturated heterocycles. The highest BCUT2D eigenvalue weighted by molar-refractivity contribution is 5.95. The van der Waals surface area contributed by atoms with Crippen molar-refractivity contribution in [3.05, 3.63) is 143 Å². The Morgan fingerprint density at radius 1 is 0.565 bits per heavy atom. The SMILES string of the molecule is CC(C)[C@H](NC(=O)[C@H](C)N(C)C(=O)OC(C)(C)C)C(=O)N1CCN(Cc2ccccc2)C[C@H]1C(=O)N[C@@H]1CCCc2ccccc21.CN[C@@H](C)C(=O)N[C@H](C(=O)N1CCN(Cc2ccccc2)C[C@H]1C(=O)N[C@@H]1CCCc2ccccc21)C(C)C. The summed E-state index contributed by atoms with van der Waals surface area (Å²) in [5.74, 6) is -1.92. The van der Waals surface area contributed by atoms with Gasteiger partial charge in [-0.15, -0.1) is 0 Å². The molecule has 18 nitrogen and oxygen atoms in total. The maximum atomic E-state index is 14.3. The second-order valence-electron chi connectivity index (χ2n) is 25.1. The molecule has 0 saturated carbocycles. The fourth-order valence-electron chi connectivity index (χ4n) is 11.7. The van der Waals surface area contributed by atoms with Crippen LogP contribution < -0.4 is 26.6 Å². The Labute approximate surface area is 504 Å². The van der Waals surface area contributed by atoms with E-state index in [1.165, 1.54) is 34.2 Å². The molecule has 4 aromatic carbocycles. The van der Waals surface area contributed by atoms with Gasteiger partial charge in [-0.25, -0.2) is 4.79 Å². The first-order valence-corrected chi connectivity index (χ1v) is 30.7. The molecule has 0 spiro atoms. The van der Waals surface area contributed by atoms with Crippen LogP contribution in [0.15, 0.2) is 109 Å². The average Bonchev–Trinajstić information content (AvgIpc) is 1.96. The van der Waals surface area contributed by atoms with Gasteiger partial charge in [-0.1, -0.05) is 137 Å². The van der Waals surface area contributed by atoms with Crippen LogP contribution in [0.25, 0.3) is 0 Å². The monoisotopic (exact) mass is 1170 g/mol. The van der Waals surface area contributed by atoms with Crippen LogP contribution in [0, 0.1) is 11.8 Å². The topological polar surface area (TPSA) is 205 Å². The fourth-order valence-corrected chi connectivity index (χ4v) is 11.7. The zero-order chi connectivity index (χ0) is 61.5. The molecule has 0 aromatic heterocycles. The first-order valence-electron chi connectivity index (χ1n) is 30.7. The van der Waals surface area contributed by atoms with Gasteiger partial charge >= 0.3 is 6.09 Å². The summed E-state index contributed by atoms with van der Waals surface area (Å²) in [5, 5.41) is 15.3. The van der Waals surface area contributed by atoms with Crippen LogP contribution in [0.2, 0.25) is 0 Å². The van der Waals surface area contributed by atoms with Gasteiger partial charge in [0, 0.05) is 59.4 Å². The van der Waals surface area contributed by atoms with E-state index >= 15 is 0 Å². The Bertz CT molecular complexity index is 2900. The van der Waals surface area contributed by atoms with Gasteiger partial charge in [0.25, 0.3) is 0 Å². The van der Waals surface area contributed by atoms with Crippen LogP contribution in [0.4, 0.5) is 4.79 Å². The van der Waals surface area contributed by atoms with Crippen molar-refractivity contribution in [2.24, 2.45) is 11.8 Å². The number of hydrogen-bond donors (Lipinski definition) is 5. The average molecular weight is 1170 g/mol. The van der Waals surface area contributed by atoms with Crippen molar-refractivity contribution < 1.29 is 38.3 Å². The highest BCUT2D eigenvalue weighted by atomic mass is 16.6. The summed E-state index contributed by atoms with van der Waals surface area (Å²) in [7, 11) is 3.21. The van der Waals surface area contributed by atoms with Gasteiger partial charge in [-0.05, 0) is 125 Å². The first-order chi connectivity index (χ1) is 40.5. The third-order valence-electron chi connectivity index (χ3n) is 16.9. The lowest BCUT2D eigenvalue weighted by molar-refractivity contribution is -0.148. The molecule has 0 radical (unpaired) electrons. The number of carbonyl (C=O) groups is 7. The second kappa shape index (κ2) is 30.3. The summed E-state index contributed by atoms with van der Waals surface area (Å²) >= 11 is 0. The first kappa shape index (κ1) is 65.4. The van der Waals surface area contributed by atoms with Gasteiger partial charge in [-0.2, -0.15) is 0 Å². The number of ether oxygens (including phenoxy) is 1. The normalized spacial score (nSPS) is 20.4. The number of amides is 7. The van der Waals surface area contributed by atoms with Gasteiger partial charge in [0.15, 0.2) is 0 Å². The summed E-state index contributed by atoms with van der Waals surface area (Å²) in [4.78, 5) is 104.